The molecule has 0 radical (unpaired) electrons. The van der Waals surface area contributed by atoms with E-state index >= 15 is 0 Å². The summed E-state index contributed by atoms with van der Waals surface area (Å²) >= 11 is 0. The van der Waals surface area contributed by atoms with Crippen LogP contribution in [0.25, 0.3) is 0 Å². The summed E-state index contributed by atoms with van der Waals surface area (Å²) in [6.45, 7) is 2.65. The third-order valence-corrected chi connectivity index (χ3v) is 10.2. The highest BCUT2D eigenvalue weighted by Gasteiger charge is 2.70. The molecule has 8 unspecified atom stereocenters. The number of alkyl halides is 2. The van der Waals surface area contributed by atoms with Gasteiger partial charge in [-0.3, -0.25) is 14.1 Å². The van der Waals surface area contributed by atoms with Gasteiger partial charge >= 0.3 is 39.2 Å². The van der Waals surface area contributed by atoms with E-state index in [9.17, 15) is 36.4 Å². The molecule has 12 nitrogen and oxygen atoms in total. The number of esters is 4. The van der Waals surface area contributed by atoms with Crippen LogP contribution in [-0.2, 0) is 53.0 Å². The topological polar surface area (TPSA) is 169 Å². The Balaban J connectivity index is 1.33. The highest BCUT2D eigenvalue weighted by atomic mass is 32.2. The Hall–Kier alpha value is -2.39. The van der Waals surface area contributed by atoms with Crippen LogP contribution in [0.5, 0.6) is 0 Å². The zero-order valence-electron chi connectivity index (χ0n) is 23.1. The van der Waals surface area contributed by atoms with Gasteiger partial charge in [0.1, 0.15) is 31.0 Å². The van der Waals surface area contributed by atoms with Crippen molar-refractivity contribution < 1.29 is 64.6 Å². The fourth-order valence-electron chi connectivity index (χ4n) is 6.84. The fraction of sp³-hybridized carbons (Fsp3) is 0.846. The van der Waals surface area contributed by atoms with E-state index in [-0.39, 0.29) is 11.8 Å². The van der Waals surface area contributed by atoms with Gasteiger partial charge in [0.2, 0.25) is 0 Å². The van der Waals surface area contributed by atoms with Crippen molar-refractivity contribution in [1.82, 2.24) is 0 Å². The molecule has 1 saturated heterocycles. The minimum absolute atomic E-state index is 0.215. The second-order valence-corrected chi connectivity index (χ2v) is 13.0. The molecule has 2 bridgehead atoms. The number of halogens is 2. The third kappa shape index (κ3) is 6.07. The Morgan fingerprint density at radius 2 is 1.73 bits per heavy atom. The Labute approximate surface area is 236 Å². The molecule has 15 heteroatoms. The maximum atomic E-state index is 13.5. The van der Waals surface area contributed by atoms with Crippen LogP contribution < -0.4 is 0 Å². The highest BCUT2D eigenvalue weighted by molar-refractivity contribution is 7.86. The lowest BCUT2D eigenvalue weighted by atomic mass is 9.75. The van der Waals surface area contributed by atoms with Crippen molar-refractivity contribution in [2.75, 3.05) is 13.2 Å². The van der Waals surface area contributed by atoms with Gasteiger partial charge in [0.25, 0.3) is 0 Å². The molecular formula is C26H36F2O12S. The molecule has 0 aromatic rings. The lowest BCUT2D eigenvalue weighted by Crippen LogP contribution is -2.47. The molecule has 3 aliphatic carbocycles. The molecule has 4 aliphatic rings. The summed E-state index contributed by atoms with van der Waals surface area (Å²) in [7, 11) is -5.83. The van der Waals surface area contributed by atoms with E-state index in [1.807, 2.05) is 13.8 Å². The summed E-state index contributed by atoms with van der Waals surface area (Å²) in [6.07, 6.45) is 2.05. The van der Waals surface area contributed by atoms with E-state index in [1.54, 1.807) is 0 Å². The van der Waals surface area contributed by atoms with Gasteiger partial charge in [-0.05, 0) is 45.4 Å². The molecule has 232 valence electrons. The minimum atomic E-state index is -5.83. The molecule has 4 fully saturated rings. The molecule has 0 aromatic heterocycles. The lowest BCUT2D eigenvalue weighted by molar-refractivity contribution is -0.181. The second kappa shape index (κ2) is 11.7. The van der Waals surface area contributed by atoms with Crippen molar-refractivity contribution in [3.8, 4) is 0 Å². The first kappa shape index (κ1) is 31.5. The molecule has 0 amide bonds. The van der Waals surface area contributed by atoms with Crippen LogP contribution in [0.15, 0.2) is 0 Å². The van der Waals surface area contributed by atoms with E-state index in [4.69, 9.17) is 23.5 Å². The molecule has 4 rings (SSSR count). The van der Waals surface area contributed by atoms with Gasteiger partial charge in [0, 0.05) is 11.8 Å². The number of rotatable bonds is 12. The summed E-state index contributed by atoms with van der Waals surface area (Å²) in [5.41, 5.74) is -0.682. The first-order valence-corrected chi connectivity index (χ1v) is 15.3. The van der Waals surface area contributed by atoms with Crippen LogP contribution in [0.2, 0.25) is 0 Å². The van der Waals surface area contributed by atoms with Crippen LogP contribution in [0.1, 0.15) is 65.7 Å². The van der Waals surface area contributed by atoms with Crippen molar-refractivity contribution >= 4 is 34.0 Å². The quantitative estimate of drug-likeness (QED) is 0.195. The maximum absolute atomic E-state index is 13.5. The van der Waals surface area contributed by atoms with Gasteiger partial charge in [-0.1, -0.05) is 26.2 Å². The Morgan fingerprint density at radius 3 is 2.34 bits per heavy atom. The van der Waals surface area contributed by atoms with E-state index in [0.29, 0.717) is 19.8 Å². The monoisotopic (exact) mass is 610 g/mol. The number of hydrogen-bond donors (Lipinski definition) is 1. The van der Waals surface area contributed by atoms with Crippen molar-refractivity contribution in [3.05, 3.63) is 0 Å². The van der Waals surface area contributed by atoms with E-state index < -0.39 is 94.1 Å². The summed E-state index contributed by atoms with van der Waals surface area (Å²) in [6, 6.07) is 0. The summed E-state index contributed by atoms with van der Waals surface area (Å²) in [5.74, 6) is -5.54. The molecular weight excluding hydrogens is 574 g/mol. The molecule has 1 heterocycles. The zero-order chi connectivity index (χ0) is 30.3. The normalized spacial score (nSPS) is 31.7. The van der Waals surface area contributed by atoms with Crippen LogP contribution >= 0.6 is 0 Å². The zero-order valence-corrected chi connectivity index (χ0v) is 23.9. The largest absolute Gasteiger partial charge is 0.459 e. The molecule has 3 saturated carbocycles. The fourth-order valence-corrected chi connectivity index (χ4v) is 7.30. The van der Waals surface area contributed by atoms with Gasteiger partial charge in [0.05, 0.1) is 11.8 Å². The third-order valence-electron chi connectivity index (χ3n) is 9.16. The van der Waals surface area contributed by atoms with Crippen LogP contribution in [-0.4, -0.2) is 79.2 Å². The average molecular weight is 611 g/mol. The first-order chi connectivity index (χ1) is 19.1. The summed E-state index contributed by atoms with van der Waals surface area (Å²) < 4.78 is 83.4. The maximum Gasteiger partial charge on any atom is 0.405 e. The van der Waals surface area contributed by atoms with Crippen LogP contribution in [0, 0.1) is 29.6 Å². The highest BCUT2D eigenvalue weighted by Crippen LogP contribution is 2.59. The molecule has 41 heavy (non-hydrogen) atoms. The smallest absolute Gasteiger partial charge is 0.405 e. The van der Waals surface area contributed by atoms with Crippen LogP contribution in [0.3, 0.4) is 0 Å². The van der Waals surface area contributed by atoms with E-state index in [2.05, 4.69) is 4.74 Å². The van der Waals surface area contributed by atoms with E-state index in [0.717, 1.165) is 32.1 Å². The molecule has 0 aromatic carbocycles. The predicted octanol–water partition coefficient (Wildman–Crippen LogP) is 2.43. The Bertz CT molecular complexity index is 1150. The number of hydrogen-bond acceptors (Lipinski definition) is 11. The molecule has 1 aliphatic heterocycles. The van der Waals surface area contributed by atoms with Crippen molar-refractivity contribution in [3.63, 3.8) is 0 Å². The number of fused-ring (bicyclic) bond motifs is 1. The minimum Gasteiger partial charge on any atom is -0.459 e. The van der Waals surface area contributed by atoms with Gasteiger partial charge in [-0.2, -0.15) is 17.2 Å². The van der Waals surface area contributed by atoms with Gasteiger partial charge < -0.3 is 23.7 Å². The molecule has 1 N–H and O–H groups in total. The Morgan fingerprint density at radius 1 is 1.10 bits per heavy atom. The van der Waals surface area contributed by atoms with Crippen LogP contribution in [0.4, 0.5) is 8.78 Å². The second-order valence-electron chi connectivity index (χ2n) is 11.6. The van der Waals surface area contributed by atoms with Gasteiger partial charge in [-0.15, -0.1) is 0 Å². The predicted molar refractivity (Wildman–Crippen MR) is 133 cm³/mol. The van der Waals surface area contributed by atoms with Crippen molar-refractivity contribution in [1.29, 1.82) is 0 Å². The standard InChI is InChI=1S/C26H36F2O12S/c1-4-25(3,14-8-6-5-7-9-14)40-24(32)20-16-10-15-19(20)23(31)39-22(15)21(16)38-18(30)12-36-11-17(29)37-13(2)26(27,28)41(33,34)35/h13-16,19-22H,4-12H2,1-3H3,(H,33,34,35). The molecule has 8 atom stereocenters. The summed E-state index contributed by atoms with van der Waals surface area (Å²) in [4.78, 5) is 50.5. The first-order valence-electron chi connectivity index (χ1n) is 13.9. The van der Waals surface area contributed by atoms with Gasteiger partial charge in [0.15, 0.2) is 6.10 Å². The SMILES string of the molecule is CCC(C)(OC(=O)C1C2CC3C(OC(=O)C31)C2OC(=O)COCC(=O)OC(C)C(F)(F)S(=O)(=O)O)C1CCCCC1. The van der Waals surface area contributed by atoms with Crippen molar-refractivity contribution in [2.45, 2.75) is 94.9 Å². The average Bonchev–Trinajstić information content (AvgIpc) is 3.52. The van der Waals surface area contributed by atoms with Crippen molar-refractivity contribution in [2.24, 2.45) is 29.6 Å². The number of ether oxygens (including phenoxy) is 5. The molecule has 0 spiro atoms. The Kier molecular flexibility index (Phi) is 9.01. The number of carbonyl (C=O) groups is 4. The van der Waals surface area contributed by atoms with E-state index in [1.165, 1.54) is 0 Å². The number of carbonyl (C=O) groups excluding carboxylic acids is 4. The summed E-state index contributed by atoms with van der Waals surface area (Å²) in [5, 5.41) is -4.75. The lowest BCUT2D eigenvalue weighted by Gasteiger charge is -2.40. The van der Waals surface area contributed by atoms with Gasteiger partial charge in [-0.25, -0.2) is 9.59 Å².